The van der Waals surface area contributed by atoms with Crippen LogP contribution >= 0.6 is 0 Å². The molecule has 6 rings (SSSR count). The van der Waals surface area contributed by atoms with Gasteiger partial charge in [-0.3, -0.25) is 4.90 Å². The zero-order chi connectivity index (χ0) is 20.9. The third-order valence-corrected chi connectivity index (χ3v) is 7.12. The van der Waals surface area contributed by atoms with E-state index < -0.39 is 0 Å². The summed E-state index contributed by atoms with van der Waals surface area (Å²) in [4.78, 5) is 18.8. The smallest absolute Gasteiger partial charge is 0.162 e. The quantitative estimate of drug-likeness (QED) is 0.681. The van der Waals surface area contributed by atoms with Crippen LogP contribution in [-0.2, 0) is 17.7 Å². The second-order valence-corrected chi connectivity index (χ2v) is 9.15. The number of aryl methyl sites for hydroxylation is 1. The Morgan fingerprint density at radius 3 is 2.87 bits per heavy atom. The summed E-state index contributed by atoms with van der Waals surface area (Å²) in [5, 5.41) is 4.76. The highest BCUT2D eigenvalue weighted by Gasteiger charge is 2.35. The second kappa shape index (κ2) is 7.58. The van der Waals surface area contributed by atoms with Gasteiger partial charge in [-0.05, 0) is 25.5 Å². The average molecular weight is 419 g/mol. The molecule has 0 saturated carbocycles. The van der Waals surface area contributed by atoms with Crippen LogP contribution in [0.15, 0.2) is 24.4 Å². The van der Waals surface area contributed by atoms with Crippen molar-refractivity contribution < 1.29 is 4.74 Å². The number of benzene rings is 1. The Labute approximate surface area is 182 Å². The summed E-state index contributed by atoms with van der Waals surface area (Å²) in [6.45, 7) is 11.1. The van der Waals surface area contributed by atoms with Gasteiger partial charge in [0.2, 0.25) is 0 Å². The molecule has 1 unspecified atom stereocenters. The predicted molar refractivity (Wildman–Crippen MR) is 122 cm³/mol. The molecule has 2 saturated heterocycles. The highest BCUT2D eigenvalue weighted by atomic mass is 16.5. The summed E-state index contributed by atoms with van der Waals surface area (Å²) in [7, 11) is 0. The van der Waals surface area contributed by atoms with Crippen LogP contribution < -0.4 is 10.2 Å². The van der Waals surface area contributed by atoms with E-state index in [1.165, 1.54) is 22.2 Å². The van der Waals surface area contributed by atoms with Crippen LogP contribution in [0.1, 0.15) is 23.7 Å². The number of aromatic amines is 1. The highest BCUT2D eigenvalue weighted by Crippen LogP contribution is 2.33. The topological polar surface area (TPSA) is 69.3 Å². The Kier molecular flexibility index (Phi) is 4.70. The van der Waals surface area contributed by atoms with E-state index in [4.69, 9.17) is 14.7 Å². The highest BCUT2D eigenvalue weighted by molar-refractivity contribution is 5.96. The summed E-state index contributed by atoms with van der Waals surface area (Å²) >= 11 is 0. The van der Waals surface area contributed by atoms with Gasteiger partial charge in [0.05, 0.1) is 24.9 Å². The van der Waals surface area contributed by atoms with Gasteiger partial charge < -0.3 is 19.9 Å². The van der Waals surface area contributed by atoms with Crippen molar-refractivity contribution >= 4 is 16.7 Å². The molecule has 0 radical (unpaired) electrons. The summed E-state index contributed by atoms with van der Waals surface area (Å²) in [5.41, 5.74) is 5.98. The first-order chi connectivity index (χ1) is 15.2. The molecule has 7 nitrogen and oxygen atoms in total. The van der Waals surface area contributed by atoms with E-state index >= 15 is 0 Å². The van der Waals surface area contributed by atoms with E-state index in [1.54, 1.807) is 0 Å². The molecular formula is C24H30N6O. The van der Waals surface area contributed by atoms with Gasteiger partial charge in [-0.15, -0.1) is 0 Å². The number of nitrogens with one attached hydrogen (secondary N) is 2. The normalized spacial score (nSPS) is 22.5. The predicted octanol–water partition coefficient (Wildman–Crippen LogP) is 2.49. The SMILES string of the molecule is Cc1c[nH]c2cccc(-c3nc4c(c(N5CCN(C6COC6)C(C)C5)n3)CNCC4)c12. The molecule has 31 heavy (non-hydrogen) atoms. The minimum absolute atomic E-state index is 0.489. The molecule has 3 aromatic rings. The number of nitrogens with zero attached hydrogens (tertiary/aromatic N) is 4. The van der Waals surface area contributed by atoms with Crippen LogP contribution in [0.25, 0.3) is 22.3 Å². The Bertz CT molecular complexity index is 1120. The van der Waals surface area contributed by atoms with Crippen LogP contribution in [0.3, 0.4) is 0 Å². The minimum atomic E-state index is 0.489. The van der Waals surface area contributed by atoms with Gasteiger partial charge >= 0.3 is 0 Å². The Morgan fingerprint density at radius 1 is 1.16 bits per heavy atom. The van der Waals surface area contributed by atoms with Crippen molar-refractivity contribution in [3.63, 3.8) is 0 Å². The summed E-state index contributed by atoms with van der Waals surface area (Å²) in [6, 6.07) is 7.46. The van der Waals surface area contributed by atoms with Crippen molar-refractivity contribution in [2.24, 2.45) is 0 Å². The van der Waals surface area contributed by atoms with E-state index in [0.29, 0.717) is 12.1 Å². The molecule has 7 heteroatoms. The molecular weight excluding hydrogens is 388 g/mol. The molecule has 0 bridgehead atoms. The third kappa shape index (κ3) is 3.23. The van der Waals surface area contributed by atoms with E-state index in [1.807, 2.05) is 0 Å². The molecule has 0 spiro atoms. The number of hydrogen-bond donors (Lipinski definition) is 2. The van der Waals surface area contributed by atoms with E-state index in [2.05, 4.69) is 58.3 Å². The fourth-order valence-electron chi connectivity index (χ4n) is 5.37. The van der Waals surface area contributed by atoms with Crippen molar-refractivity contribution in [1.29, 1.82) is 0 Å². The largest absolute Gasteiger partial charge is 0.378 e. The van der Waals surface area contributed by atoms with E-state index in [0.717, 1.165) is 75.1 Å². The average Bonchev–Trinajstić information content (AvgIpc) is 3.14. The van der Waals surface area contributed by atoms with Gasteiger partial charge in [0.25, 0.3) is 0 Å². The lowest BCUT2D eigenvalue weighted by Crippen LogP contribution is -2.61. The molecule has 3 aliphatic rings. The number of H-pyrrole nitrogens is 1. The number of anilines is 1. The van der Waals surface area contributed by atoms with Crippen molar-refractivity contribution in [2.45, 2.75) is 38.9 Å². The first kappa shape index (κ1) is 19.2. The maximum atomic E-state index is 5.44. The minimum Gasteiger partial charge on any atom is -0.378 e. The van der Waals surface area contributed by atoms with Crippen molar-refractivity contribution in [3.8, 4) is 11.4 Å². The Balaban J connectivity index is 1.41. The first-order valence-electron chi connectivity index (χ1n) is 11.4. The number of ether oxygens (including phenoxy) is 1. The molecule has 2 aromatic heterocycles. The van der Waals surface area contributed by atoms with Crippen LogP contribution in [0.2, 0.25) is 0 Å². The third-order valence-electron chi connectivity index (χ3n) is 7.12. The number of hydrogen-bond acceptors (Lipinski definition) is 6. The molecule has 2 fully saturated rings. The van der Waals surface area contributed by atoms with Crippen molar-refractivity contribution in [3.05, 3.63) is 41.2 Å². The molecule has 1 atom stereocenters. The number of piperazine rings is 1. The second-order valence-electron chi connectivity index (χ2n) is 9.15. The van der Waals surface area contributed by atoms with Gasteiger partial charge in [0, 0.05) is 73.4 Å². The maximum Gasteiger partial charge on any atom is 0.162 e. The molecule has 2 N–H and O–H groups in total. The van der Waals surface area contributed by atoms with Gasteiger partial charge in [-0.2, -0.15) is 0 Å². The molecule has 0 amide bonds. The summed E-state index contributed by atoms with van der Waals surface area (Å²) in [6.07, 6.45) is 3.03. The van der Waals surface area contributed by atoms with Crippen LogP contribution in [0.4, 0.5) is 5.82 Å². The van der Waals surface area contributed by atoms with Crippen molar-refractivity contribution in [2.75, 3.05) is 44.3 Å². The fourth-order valence-corrected chi connectivity index (χ4v) is 5.37. The van der Waals surface area contributed by atoms with Crippen molar-refractivity contribution in [1.82, 2.24) is 25.2 Å². The molecule has 0 aliphatic carbocycles. The lowest BCUT2D eigenvalue weighted by molar-refractivity contribution is -0.0793. The maximum absolute atomic E-state index is 5.44. The molecule has 162 valence electrons. The zero-order valence-electron chi connectivity index (χ0n) is 18.3. The number of fused-ring (bicyclic) bond motifs is 2. The van der Waals surface area contributed by atoms with Gasteiger partial charge in [-0.1, -0.05) is 12.1 Å². The monoisotopic (exact) mass is 418 g/mol. The molecule has 1 aromatic carbocycles. The van der Waals surface area contributed by atoms with Crippen LogP contribution in [-0.4, -0.2) is 71.3 Å². The van der Waals surface area contributed by atoms with Crippen LogP contribution in [0.5, 0.6) is 0 Å². The number of aromatic nitrogens is 3. The molecule has 3 aliphatic heterocycles. The standard InChI is InChI=1S/C24H30N6O/c1-15-10-26-21-5-3-4-18(22(15)21)23-27-20-6-7-25-11-19(20)24(28-23)29-8-9-30(16(2)12-29)17-13-31-14-17/h3-5,10,16-17,25-26H,6-9,11-14H2,1-2H3. The van der Waals surface area contributed by atoms with Gasteiger partial charge in [0.1, 0.15) is 5.82 Å². The Hall–Kier alpha value is -2.48. The fraction of sp³-hybridized carbons (Fsp3) is 0.500. The van der Waals surface area contributed by atoms with E-state index in [9.17, 15) is 0 Å². The lowest BCUT2D eigenvalue weighted by atomic mass is 10.0. The summed E-state index contributed by atoms with van der Waals surface area (Å²) in [5.74, 6) is 1.97. The summed E-state index contributed by atoms with van der Waals surface area (Å²) < 4.78 is 5.44. The first-order valence-corrected chi connectivity index (χ1v) is 11.4. The lowest BCUT2D eigenvalue weighted by Gasteiger charge is -2.47. The Morgan fingerprint density at radius 2 is 2.06 bits per heavy atom. The van der Waals surface area contributed by atoms with Gasteiger partial charge in [-0.25, -0.2) is 9.97 Å². The zero-order valence-corrected chi connectivity index (χ0v) is 18.3. The van der Waals surface area contributed by atoms with Crippen LogP contribution in [0, 0.1) is 6.92 Å². The van der Waals surface area contributed by atoms with E-state index in [-0.39, 0.29) is 0 Å². The number of rotatable bonds is 3. The van der Waals surface area contributed by atoms with Gasteiger partial charge in [0.15, 0.2) is 5.82 Å². The molecule has 5 heterocycles.